The summed E-state index contributed by atoms with van der Waals surface area (Å²) < 4.78 is 0.820. The number of nitrogen functional groups attached to an aromatic ring is 1. The van der Waals surface area contributed by atoms with Gasteiger partial charge in [-0.15, -0.1) is 0 Å². The van der Waals surface area contributed by atoms with Crippen molar-refractivity contribution in [3.63, 3.8) is 0 Å². The van der Waals surface area contributed by atoms with Gasteiger partial charge in [-0.2, -0.15) is 0 Å². The lowest BCUT2D eigenvalue weighted by molar-refractivity contribution is 0.0924. The Morgan fingerprint density at radius 1 is 1.41 bits per heavy atom. The summed E-state index contributed by atoms with van der Waals surface area (Å²) in [5, 5.41) is 3.02. The topological polar surface area (TPSA) is 55.1 Å². The molecular weight excluding hydrogens is 280 g/mol. The fraction of sp³-hybridized carbons (Fsp3) is 0.462. The Hall–Kier alpha value is -1.03. The normalized spacial score (nSPS) is 12.5. The average molecular weight is 299 g/mol. The van der Waals surface area contributed by atoms with Crippen molar-refractivity contribution in [3.8, 4) is 0 Å². The van der Waals surface area contributed by atoms with E-state index in [-0.39, 0.29) is 11.9 Å². The SMILES string of the molecule is CCC(NC(=O)c1cc(N)cc(Br)c1)C(C)C. The van der Waals surface area contributed by atoms with Crippen molar-refractivity contribution in [1.29, 1.82) is 0 Å². The van der Waals surface area contributed by atoms with Gasteiger partial charge in [-0.25, -0.2) is 0 Å². The highest BCUT2D eigenvalue weighted by molar-refractivity contribution is 9.10. The highest BCUT2D eigenvalue weighted by Crippen LogP contribution is 2.17. The maximum absolute atomic E-state index is 12.0. The van der Waals surface area contributed by atoms with Crippen LogP contribution in [0.4, 0.5) is 5.69 Å². The van der Waals surface area contributed by atoms with Gasteiger partial charge >= 0.3 is 0 Å². The summed E-state index contributed by atoms with van der Waals surface area (Å²) in [5.74, 6) is 0.354. The van der Waals surface area contributed by atoms with Gasteiger partial charge < -0.3 is 11.1 Å². The van der Waals surface area contributed by atoms with Crippen LogP contribution in [0.25, 0.3) is 0 Å². The summed E-state index contributed by atoms with van der Waals surface area (Å²) in [6, 6.07) is 5.44. The summed E-state index contributed by atoms with van der Waals surface area (Å²) in [6.45, 7) is 6.27. The van der Waals surface area contributed by atoms with Gasteiger partial charge in [0.15, 0.2) is 0 Å². The lowest BCUT2D eigenvalue weighted by Gasteiger charge is -2.20. The average Bonchev–Trinajstić information content (AvgIpc) is 2.23. The first-order chi connectivity index (χ1) is 7.93. The lowest BCUT2D eigenvalue weighted by Crippen LogP contribution is -2.38. The van der Waals surface area contributed by atoms with Gasteiger partial charge in [-0.05, 0) is 30.5 Å². The fourth-order valence-electron chi connectivity index (χ4n) is 1.74. The van der Waals surface area contributed by atoms with E-state index in [0.29, 0.717) is 17.2 Å². The zero-order valence-electron chi connectivity index (χ0n) is 10.5. The molecule has 0 heterocycles. The molecule has 3 nitrogen and oxygen atoms in total. The Morgan fingerprint density at radius 2 is 2.06 bits per heavy atom. The summed E-state index contributed by atoms with van der Waals surface area (Å²) in [6.07, 6.45) is 0.924. The number of hydrogen-bond donors (Lipinski definition) is 2. The number of nitrogens with one attached hydrogen (secondary N) is 1. The fourth-order valence-corrected chi connectivity index (χ4v) is 2.25. The molecule has 0 aromatic heterocycles. The van der Waals surface area contributed by atoms with Crippen LogP contribution in [0, 0.1) is 5.92 Å². The summed E-state index contributed by atoms with van der Waals surface area (Å²) in [7, 11) is 0. The van der Waals surface area contributed by atoms with E-state index in [0.717, 1.165) is 10.9 Å². The molecule has 0 aliphatic heterocycles. The van der Waals surface area contributed by atoms with Gasteiger partial charge in [0.2, 0.25) is 0 Å². The maximum atomic E-state index is 12.0. The third-order valence-corrected chi connectivity index (χ3v) is 3.20. The van der Waals surface area contributed by atoms with Gasteiger partial charge in [0.1, 0.15) is 0 Å². The van der Waals surface area contributed by atoms with Crippen molar-refractivity contribution in [1.82, 2.24) is 5.32 Å². The molecule has 1 atom stereocenters. The Kier molecular flexibility index (Phi) is 5.00. The van der Waals surface area contributed by atoms with Crippen molar-refractivity contribution in [2.45, 2.75) is 33.2 Å². The van der Waals surface area contributed by atoms with Crippen LogP contribution in [0.15, 0.2) is 22.7 Å². The first-order valence-corrected chi connectivity index (χ1v) is 6.60. The van der Waals surface area contributed by atoms with Crippen molar-refractivity contribution < 1.29 is 4.79 Å². The number of rotatable bonds is 4. The molecule has 0 aliphatic carbocycles. The first kappa shape index (κ1) is 14.0. The molecule has 0 saturated carbocycles. The molecule has 0 bridgehead atoms. The summed E-state index contributed by atoms with van der Waals surface area (Å²) in [5.41, 5.74) is 6.89. The number of benzene rings is 1. The number of amides is 1. The molecule has 1 rings (SSSR count). The van der Waals surface area contributed by atoms with E-state index in [1.165, 1.54) is 0 Å². The lowest BCUT2D eigenvalue weighted by atomic mass is 10.0. The number of halogens is 1. The van der Waals surface area contributed by atoms with Crippen molar-refractivity contribution in [2.75, 3.05) is 5.73 Å². The van der Waals surface area contributed by atoms with Crippen molar-refractivity contribution in [2.24, 2.45) is 5.92 Å². The van der Waals surface area contributed by atoms with Gasteiger partial charge in [0.05, 0.1) is 0 Å². The second kappa shape index (κ2) is 6.05. The van der Waals surface area contributed by atoms with Crippen molar-refractivity contribution >= 4 is 27.5 Å². The predicted octanol–water partition coefficient (Wildman–Crippen LogP) is 3.20. The minimum Gasteiger partial charge on any atom is -0.399 e. The number of carbonyl (C=O) groups is 1. The Balaban J connectivity index is 2.82. The summed E-state index contributed by atoms with van der Waals surface area (Å²) >= 11 is 3.33. The highest BCUT2D eigenvalue weighted by atomic mass is 79.9. The number of nitrogens with two attached hydrogens (primary N) is 1. The van der Waals surface area contributed by atoms with Crippen LogP contribution in [-0.4, -0.2) is 11.9 Å². The molecule has 1 amide bonds. The monoisotopic (exact) mass is 298 g/mol. The molecular formula is C13H19BrN2O. The molecule has 1 unspecified atom stereocenters. The third kappa shape index (κ3) is 4.04. The van der Waals surface area contributed by atoms with Gasteiger partial charge in [-0.3, -0.25) is 4.79 Å². The highest BCUT2D eigenvalue weighted by Gasteiger charge is 2.15. The molecule has 1 aromatic rings. The zero-order chi connectivity index (χ0) is 13.0. The van der Waals surface area contributed by atoms with Crippen LogP contribution in [0.2, 0.25) is 0 Å². The molecule has 0 radical (unpaired) electrons. The van der Waals surface area contributed by atoms with Gasteiger partial charge in [0, 0.05) is 21.8 Å². The van der Waals surface area contributed by atoms with E-state index in [1.807, 2.05) is 0 Å². The summed E-state index contributed by atoms with van der Waals surface area (Å²) in [4.78, 5) is 12.0. The Morgan fingerprint density at radius 3 is 2.53 bits per heavy atom. The van der Waals surface area contributed by atoms with Crippen molar-refractivity contribution in [3.05, 3.63) is 28.2 Å². The predicted molar refractivity (Wildman–Crippen MR) is 74.9 cm³/mol. The van der Waals surface area contributed by atoms with Gasteiger partial charge in [-0.1, -0.05) is 36.7 Å². The molecule has 0 aliphatic rings. The van der Waals surface area contributed by atoms with Crippen LogP contribution < -0.4 is 11.1 Å². The van der Waals surface area contributed by atoms with Crippen LogP contribution >= 0.6 is 15.9 Å². The molecule has 0 spiro atoms. The van der Waals surface area contributed by atoms with Crippen LogP contribution in [0.3, 0.4) is 0 Å². The molecule has 94 valence electrons. The van der Waals surface area contributed by atoms with E-state index < -0.39 is 0 Å². The molecule has 17 heavy (non-hydrogen) atoms. The third-order valence-electron chi connectivity index (χ3n) is 2.74. The van der Waals surface area contributed by atoms with E-state index in [9.17, 15) is 4.79 Å². The van der Waals surface area contributed by atoms with E-state index in [4.69, 9.17) is 5.73 Å². The number of hydrogen-bond acceptors (Lipinski definition) is 2. The minimum absolute atomic E-state index is 0.0708. The second-order valence-corrected chi connectivity index (χ2v) is 5.42. The molecule has 3 N–H and O–H groups in total. The minimum atomic E-state index is -0.0708. The standard InChI is InChI=1S/C13H19BrN2O/c1-4-12(8(2)3)16-13(17)9-5-10(14)7-11(15)6-9/h5-8,12H,4,15H2,1-3H3,(H,16,17). The van der Waals surface area contributed by atoms with Crippen LogP contribution in [0.5, 0.6) is 0 Å². The Bertz CT molecular complexity index is 384. The Labute approximate surface area is 111 Å². The van der Waals surface area contributed by atoms with Gasteiger partial charge in [0.25, 0.3) is 5.91 Å². The van der Waals surface area contributed by atoms with E-state index in [2.05, 4.69) is 42.0 Å². The number of anilines is 1. The molecule has 4 heteroatoms. The first-order valence-electron chi connectivity index (χ1n) is 5.81. The maximum Gasteiger partial charge on any atom is 0.251 e. The van der Waals surface area contributed by atoms with E-state index >= 15 is 0 Å². The zero-order valence-corrected chi connectivity index (χ0v) is 12.0. The number of carbonyl (C=O) groups excluding carboxylic acids is 1. The molecule has 1 aromatic carbocycles. The quantitative estimate of drug-likeness (QED) is 0.839. The molecule has 0 fully saturated rings. The van der Waals surface area contributed by atoms with E-state index in [1.54, 1.807) is 18.2 Å². The van der Waals surface area contributed by atoms with Crippen LogP contribution in [-0.2, 0) is 0 Å². The molecule has 0 saturated heterocycles. The smallest absolute Gasteiger partial charge is 0.251 e. The largest absolute Gasteiger partial charge is 0.399 e. The van der Waals surface area contributed by atoms with Crippen LogP contribution in [0.1, 0.15) is 37.6 Å². The second-order valence-electron chi connectivity index (χ2n) is 4.51.